The third-order valence-corrected chi connectivity index (χ3v) is 5.08. The lowest BCUT2D eigenvalue weighted by Crippen LogP contribution is -2.52. The maximum atomic E-state index is 11.0. The van der Waals surface area contributed by atoms with Crippen molar-refractivity contribution >= 4 is 10.4 Å². The van der Waals surface area contributed by atoms with Gasteiger partial charge in [-0.25, -0.2) is 4.18 Å². The highest BCUT2D eigenvalue weighted by molar-refractivity contribution is 7.80. The minimum absolute atomic E-state index is 0.0417. The zero-order valence-electron chi connectivity index (χ0n) is 13.7. The molecule has 1 fully saturated rings. The molecule has 9 unspecified atom stereocenters. The lowest BCUT2D eigenvalue weighted by atomic mass is 9.87. The molecule has 0 heterocycles. The van der Waals surface area contributed by atoms with Gasteiger partial charge in [-0.3, -0.25) is 4.55 Å². The summed E-state index contributed by atoms with van der Waals surface area (Å²) in [5.41, 5.74) is 0. The molecule has 0 spiro atoms. The summed E-state index contributed by atoms with van der Waals surface area (Å²) in [7, 11) is -5.18. The van der Waals surface area contributed by atoms with Gasteiger partial charge in [0.05, 0.1) is 24.9 Å². The predicted molar refractivity (Wildman–Crippen MR) is 82.8 cm³/mol. The van der Waals surface area contributed by atoms with Crippen LogP contribution in [0.2, 0.25) is 0 Å². The Kier molecular flexibility index (Phi) is 8.76. The van der Waals surface area contributed by atoms with E-state index in [1.807, 2.05) is 0 Å². The van der Waals surface area contributed by atoms with Crippen LogP contribution in [0.1, 0.15) is 12.8 Å². The molecule has 0 aliphatic heterocycles. The number of aliphatic hydroxyl groups excluding tert-OH is 8. The Bertz CT molecular complexity index is 527. The topological polar surface area (TPSA) is 225 Å². The lowest BCUT2D eigenvalue weighted by molar-refractivity contribution is -0.136. The third kappa shape index (κ3) is 6.03. The van der Waals surface area contributed by atoms with Crippen molar-refractivity contribution in [3.63, 3.8) is 0 Å². The fraction of sp³-hybridized carbons (Fsp3) is 1.00. The van der Waals surface area contributed by atoms with Crippen molar-refractivity contribution in [1.29, 1.82) is 0 Å². The molecule has 0 aromatic rings. The van der Waals surface area contributed by atoms with E-state index in [1.54, 1.807) is 0 Å². The average Bonchev–Trinajstić information content (AvgIpc) is 2.82. The van der Waals surface area contributed by atoms with Crippen molar-refractivity contribution in [3.8, 4) is 0 Å². The van der Waals surface area contributed by atoms with E-state index in [4.69, 9.17) is 9.66 Å². The third-order valence-electron chi connectivity index (χ3n) is 4.62. The average molecular weight is 406 g/mol. The fourth-order valence-corrected chi connectivity index (χ4v) is 3.70. The number of hydrogen-bond acceptors (Lipinski definition) is 11. The molecule has 0 amide bonds. The van der Waals surface area contributed by atoms with E-state index in [-0.39, 0.29) is 12.8 Å². The first-order chi connectivity index (χ1) is 11.9. The highest BCUT2D eigenvalue weighted by Crippen LogP contribution is 2.36. The van der Waals surface area contributed by atoms with Gasteiger partial charge >= 0.3 is 10.4 Å². The van der Waals surface area contributed by atoms with Crippen LogP contribution in [0.4, 0.5) is 0 Å². The molecule has 0 aromatic carbocycles. The van der Waals surface area contributed by atoms with Gasteiger partial charge in [-0.15, -0.1) is 0 Å². The van der Waals surface area contributed by atoms with Crippen molar-refractivity contribution < 1.29 is 58.0 Å². The zero-order chi connectivity index (χ0) is 20.2. The molecule has 1 rings (SSSR count). The second-order valence-corrected chi connectivity index (χ2v) is 7.47. The molecule has 0 bridgehead atoms. The Labute approximate surface area is 149 Å². The van der Waals surface area contributed by atoms with Gasteiger partial charge in [0.2, 0.25) is 0 Å². The Hall–Kier alpha value is -0.450. The smallest absolute Gasteiger partial charge is 0.396 e. The first-order valence-electron chi connectivity index (χ1n) is 7.88. The van der Waals surface area contributed by atoms with Gasteiger partial charge in [0.1, 0.15) is 24.4 Å². The fourth-order valence-electron chi connectivity index (χ4n) is 3.18. The van der Waals surface area contributed by atoms with Gasteiger partial charge in [0.15, 0.2) is 0 Å². The second-order valence-electron chi connectivity index (χ2n) is 6.42. The Morgan fingerprint density at radius 1 is 1.00 bits per heavy atom. The maximum absolute atomic E-state index is 11.0. The standard InChI is InChI=1S/C13H26O12S/c14-3-6-5(1-7(16)10(6)19)2-8(17)13(25-26(22,23)24)12(21)11(20)9(18)4-15/h5-21H,1-4H2,(H,22,23,24). The van der Waals surface area contributed by atoms with Gasteiger partial charge in [-0.05, 0) is 18.8 Å². The summed E-state index contributed by atoms with van der Waals surface area (Å²) in [6.45, 7) is -1.52. The number of hydrogen-bond donors (Lipinski definition) is 9. The summed E-state index contributed by atoms with van der Waals surface area (Å²) >= 11 is 0. The van der Waals surface area contributed by atoms with Gasteiger partial charge in [0.25, 0.3) is 0 Å². The largest absolute Gasteiger partial charge is 0.397 e. The summed E-state index contributed by atoms with van der Waals surface area (Å²) in [5.74, 6) is -1.53. The quantitative estimate of drug-likeness (QED) is 0.156. The van der Waals surface area contributed by atoms with Crippen LogP contribution in [0.25, 0.3) is 0 Å². The molecule has 1 aliphatic carbocycles. The van der Waals surface area contributed by atoms with Crippen LogP contribution in [0.15, 0.2) is 0 Å². The maximum Gasteiger partial charge on any atom is 0.397 e. The molecule has 1 saturated carbocycles. The number of rotatable bonds is 10. The molecule has 9 N–H and O–H groups in total. The van der Waals surface area contributed by atoms with Crippen molar-refractivity contribution in [2.45, 2.75) is 55.6 Å². The van der Waals surface area contributed by atoms with Crippen LogP contribution < -0.4 is 0 Å². The van der Waals surface area contributed by atoms with Crippen molar-refractivity contribution in [1.82, 2.24) is 0 Å². The van der Waals surface area contributed by atoms with Crippen LogP contribution in [-0.4, -0.2) is 110 Å². The molecule has 0 aromatic heterocycles. The van der Waals surface area contributed by atoms with Crippen LogP contribution in [0.5, 0.6) is 0 Å². The second kappa shape index (κ2) is 9.66. The molecule has 9 atom stereocenters. The molecule has 1 aliphatic rings. The van der Waals surface area contributed by atoms with E-state index in [9.17, 15) is 44.2 Å². The summed E-state index contributed by atoms with van der Waals surface area (Å²) < 4.78 is 35.0. The summed E-state index contributed by atoms with van der Waals surface area (Å²) in [5, 5.41) is 76.8. The van der Waals surface area contributed by atoms with E-state index in [1.165, 1.54) is 0 Å². The molecular weight excluding hydrogens is 380 g/mol. The highest BCUT2D eigenvalue weighted by atomic mass is 32.3. The summed E-state index contributed by atoms with van der Waals surface area (Å²) in [6.07, 6.45) is -13.1. The minimum Gasteiger partial charge on any atom is -0.396 e. The first-order valence-corrected chi connectivity index (χ1v) is 9.25. The minimum atomic E-state index is -5.18. The Morgan fingerprint density at radius 2 is 1.58 bits per heavy atom. The van der Waals surface area contributed by atoms with Crippen LogP contribution >= 0.6 is 0 Å². The van der Waals surface area contributed by atoms with E-state index < -0.39 is 78.2 Å². The Balaban J connectivity index is 2.95. The van der Waals surface area contributed by atoms with Gasteiger partial charge < -0.3 is 40.9 Å². The lowest BCUT2D eigenvalue weighted by Gasteiger charge is -2.32. The summed E-state index contributed by atoms with van der Waals surface area (Å²) in [6, 6.07) is 0. The van der Waals surface area contributed by atoms with Gasteiger partial charge in [-0.1, -0.05) is 0 Å². The summed E-state index contributed by atoms with van der Waals surface area (Å²) in [4.78, 5) is 0. The normalized spacial score (nSPS) is 32.8. The SMILES string of the molecule is O=S(=O)(O)OC(C(O)CC1CC(O)C(O)C1CO)C(O)C(O)C(O)CO. The molecule has 13 heteroatoms. The molecule has 156 valence electrons. The van der Waals surface area contributed by atoms with E-state index >= 15 is 0 Å². The Morgan fingerprint density at radius 3 is 2.04 bits per heavy atom. The van der Waals surface area contributed by atoms with E-state index in [0.717, 1.165) is 0 Å². The highest BCUT2D eigenvalue weighted by Gasteiger charge is 2.45. The van der Waals surface area contributed by atoms with E-state index in [0.29, 0.717) is 0 Å². The van der Waals surface area contributed by atoms with Gasteiger partial charge in [-0.2, -0.15) is 8.42 Å². The van der Waals surface area contributed by atoms with Crippen LogP contribution in [-0.2, 0) is 14.6 Å². The van der Waals surface area contributed by atoms with E-state index in [2.05, 4.69) is 4.18 Å². The molecular formula is C13H26O12S. The molecule has 0 radical (unpaired) electrons. The number of aliphatic hydroxyl groups is 8. The van der Waals surface area contributed by atoms with Crippen LogP contribution in [0, 0.1) is 11.8 Å². The monoisotopic (exact) mass is 406 g/mol. The molecule has 0 saturated heterocycles. The molecule has 12 nitrogen and oxygen atoms in total. The van der Waals surface area contributed by atoms with Crippen molar-refractivity contribution in [2.24, 2.45) is 11.8 Å². The first kappa shape index (κ1) is 23.6. The van der Waals surface area contributed by atoms with Gasteiger partial charge in [0, 0.05) is 12.5 Å². The zero-order valence-corrected chi connectivity index (χ0v) is 14.5. The van der Waals surface area contributed by atoms with Crippen molar-refractivity contribution in [2.75, 3.05) is 13.2 Å². The van der Waals surface area contributed by atoms with Crippen LogP contribution in [0.3, 0.4) is 0 Å². The molecule has 26 heavy (non-hydrogen) atoms. The predicted octanol–water partition coefficient (Wildman–Crippen LogP) is -4.65. The van der Waals surface area contributed by atoms with Crippen molar-refractivity contribution in [3.05, 3.63) is 0 Å².